The molecule has 2 aromatic heterocycles. The van der Waals surface area contributed by atoms with E-state index in [0.717, 1.165) is 0 Å². The van der Waals surface area contributed by atoms with Gasteiger partial charge >= 0.3 is 23.2 Å². The Morgan fingerprint density at radius 2 is 1.86 bits per heavy atom. The second-order valence-electron chi connectivity index (χ2n) is 7.91. The van der Waals surface area contributed by atoms with E-state index in [1.54, 1.807) is 25.7 Å². The first-order chi connectivity index (χ1) is 13.6. The van der Waals surface area contributed by atoms with Crippen molar-refractivity contribution >= 4 is 23.2 Å². The zero-order valence-corrected chi connectivity index (χ0v) is 16.9. The minimum Gasteiger partial charge on any atom is -0.465 e. The van der Waals surface area contributed by atoms with Gasteiger partial charge in [0.05, 0.1) is 18.2 Å². The quantitative estimate of drug-likeness (QED) is 0.593. The van der Waals surface area contributed by atoms with Gasteiger partial charge in [-0.05, 0) is 39.7 Å². The number of fused-ring (bicyclic) bond motifs is 1. The van der Waals surface area contributed by atoms with Crippen molar-refractivity contribution in [1.29, 1.82) is 0 Å². The summed E-state index contributed by atoms with van der Waals surface area (Å²) in [4.78, 5) is 56.9. The minimum atomic E-state index is -0.795. The molecule has 0 aliphatic carbocycles. The molecule has 1 saturated heterocycles. The summed E-state index contributed by atoms with van der Waals surface area (Å²) in [5, 5.41) is 0. The third-order valence-corrected chi connectivity index (χ3v) is 4.66. The first-order valence-electron chi connectivity index (χ1n) is 9.31. The van der Waals surface area contributed by atoms with E-state index in [9.17, 15) is 19.2 Å². The number of hydrogen-bond acceptors (Lipinski definition) is 7. The third kappa shape index (κ3) is 4.30. The average molecular weight is 404 g/mol. The fraction of sp³-hybridized carbons (Fsp3) is 0.526. The smallest absolute Gasteiger partial charge is 0.410 e. The SMILES string of the molecule is COC(=O)c1cnc2c(c1)[nH]c(=O)c(=O)n2C1CCN(C(=O)OC(C)(C)C)CC1. The van der Waals surface area contributed by atoms with Gasteiger partial charge in [0.2, 0.25) is 0 Å². The molecule has 1 fully saturated rings. The summed E-state index contributed by atoms with van der Waals surface area (Å²) in [6.45, 7) is 6.18. The van der Waals surface area contributed by atoms with Gasteiger partial charge in [-0.3, -0.25) is 14.2 Å². The van der Waals surface area contributed by atoms with Crippen LogP contribution >= 0.6 is 0 Å². The largest absolute Gasteiger partial charge is 0.465 e. The van der Waals surface area contributed by atoms with Crippen LogP contribution in [-0.2, 0) is 9.47 Å². The second kappa shape index (κ2) is 7.69. The zero-order chi connectivity index (χ0) is 21.3. The van der Waals surface area contributed by atoms with Crippen molar-refractivity contribution < 1.29 is 19.1 Å². The fourth-order valence-corrected chi connectivity index (χ4v) is 3.32. The van der Waals surface area contributed by atoms with Crippen molar-refractivity contribution in [3.8, 4) is 0 Å². The lowest BCUT2D eigenvalue weighted by atomic mass is 10.0. The van der Waals surface area contributed by atoms with Crippen LogP contribution in [0.25, 0.3) is 11.2 Å². The number of pyridine rings is 1. The van der Waals surface area contributed by atoms with Crippen molar-refractivity contribution in [2.45, 2.75) is 45.3 Å². The van der Waals surface area contributed by atoms with E-state index in [1.807, 2.05) is 0 Å². The molecule has 10 nitrogen and oxygen atoms in total. The third-order valence-electron chi connectivity index (χ3n) is 4.66. The van der Waals surface area contributed by atoms with Crippen LogP contribution in [0.5, 0.6) is 0 Å². The number of piperidine rings is 1. The number of methoxy groups -OCH3 is 1. The fourth-order valence-electron chi connectivity index (χ4n) is 3.32. The molecule has 0 unspecified atom stereocenters. The molecule has 0 spiro atoms. The number of hydrogen-bond donors (Lipinski definition) is 1. The summed E-state index contributed by atoms with van der Waals surface area (Å²) in [7, 11) is 1.24. The Hall–Kier alpha value is -3.17. The van der Waals surface area contributed by atoms with Crippen LogP contribution < -0.4 is 11.1 Å². The number of aromatic amines is 1. The lowest BCUT2D eigenvalue weighted by Crippen LogP contribution is -2.45. The van der Waals surface area contributed by atoms with E-state index in [-0.39, 0.29) is 22.8 Å². The summed E-state index contributed by atoms with van der Waals surface area (Å²) in [5.74, 6) is -0.594. The molecule has 1 amide bonds. The van der Waals surface area contributed by atoms with Gasteiger partial charge < -0.3 is 19.4 Å². The van der Waals surface area contributed by atoms with Gasteiger partial charge in [0.1, 0.15) is 5.60 Å². The number of amides is 1. The highest BCUT2D eigenvalue weighted by Crippen LogP contribution is 2.24. The molecule has 156 valence electrons. The Kier molecular flexibility index (Phi) is 5.45. The normalized spacial score (nSPS) is 15.4. The Balaban J connectivity index is 1.89. The summed E-state index contributed by atoms with van der Waals surface area (Å²) in [6, 6.07) is 1.13. The van der Waals surface area contributed by atoms with E-state index in [0.29, 0.717) is 25.9 Å². The topological polar surface area (TPSA) is 124 Å². The Labute approximate surface area is 166 Å². The number of carbonyl (C=O) groups excluding carboxylic acids is 2. The Morgan fingerprint density at radius 3 is 2.45 bits per heavy atom. The molecule has 0 bridgehead atoms. The highest BCUT2D eigenvalue weighted by molar-refractivity contribution is 5.92. The van der Waals surface area contributed by atoms with Gasteiger partial charge in [0, 0.05) is 25.3 Å². The summed E-state index contributed by atoms with van der Waals surface area (Å²) in [6.07, 6.45) is 1.84. The maximum absolute atomic E-state index is 12.5. The molecule has 29 heavy (non-hydrogen) atoms. The van der Waals surface area contributed by atoms with Gasteiger partial charge in [-0.15, -0.1) is 0 Å². The monoisotopic (exact) mass is 404 g/mol. The van der Waals surface area contributed by atoms with Crippen LogP contribution in [0.2, 0.25) is 0 Å². The van der Waals surface area contributed by atoms with E-state index in [1.165, 1.54) is 23.9 Å². The molecule has 1 aliphatic heterocycles. The Morgan fingerprint density at radius 1 is 1.21 bits per heavy atom. The van der Waals surface area contributed by atoms with E-state index in [4.69, 9.17) is 4.74 Å². The number of H-pyrrole nitrogens is 1. The zero-order valence-electron chi connectivity index (χ0n) is 16.9. The van der Waals surface area contributed by atoms with E-state index >= 15 is 0 Å². The van der Waals surface area contributed by atoms with Crippen LogP contribution in [0.3, 0.4) is 0 Å². The molecule has 0 radical (unpaired) electrons. The highest BCUT2D eigenvalue weighted by Gasteiger charge is 2.29. The lowest BCUT2D eigenvalue weighted by molar-refractivity contribution is 0.0188. The number of esters is 1. The van der Waals surface area contributed by atoms with Crippen LogP contribution in [0.4, 0.5) is 4.79 Å². The number of ether oxygens (including phenoxy) is 2. The predicted octanol–water partition coefficient (Wildman–Crippen LogP) is 1.44. The van der Waals surface area contributed by atoms with Crippen molar-refractivity contribution in [3.63, 3.8) is 0 Å². The van der Waals surface area contributed by atoms with Crippen LogP contribution in [0, 0.1) is 0 Å². The Bertz CT molecular complexity index is 1060. The number of carbonyl (C=O) groups is 2. The predicted molar refractivity (Wildman–Crippen MR) is 104 cm³/mol. The van der Waals surface area contributed by atoms with Gasteiger partial charge in [-0.25, -0.2) is 14.6 Å². The van der Waals surface area contributed by atoms with E-state index in [2.05, 4.69) is 14.7 Å². The van der Waals surface area contributed by atoms with Crippen LogP contribution in [0.15, 0.2) is 21.9 Å². The molecule has 2 aromatic rings. The van der Waals surface area contributed by atoms with Crippen molar-refractivity contribution in [1.82, 2.24) is 19.4 Å². The van der Waals surface area contributed by atoms with Crippen LogP contribution in [-0.4, -0.2) is 57.3 Å². The molecule has 0 atom stereocenters. The highest BCUT2D eigenvalue weighted by atomic mass is 16.6. The number of rotatable bonds is 2. The average Bonchev–Trinajstić information content (AvgIpc) is 2.67. The maximum Gasteiger partial charge on any atom is 0.410 e. The van der Waals surface area contributed by atoms with Crippen molar-refractivity contribution in [3.05, 3.63) is 38.5 Å². The van der Waals surface area contributed by atoms with Gasteiger partial charge in [-0.2, -0.15) is 0 Å². The summed E-state index contributed by atoms with van der Waals surface area (Å²) in [5.41, 5.74) is -1.39. The first kappa shape index (κ1) is 20.6. The molecule has 3 rings (SSSR count). The van der Waals surface area contributed by atoms with E-state index < -0.39 is 28.8 Å². The van der Waals surface area contributed by atoms with Crippen molar-refractivity contribution in [2.75, 3.05) is 20.2 Å². The second-order valence-corrected chi connectivity index (χ2v) is 7.91. The standard InChI is InChI=1S/C19H24N4O6/c1-19(2,3)29-18(27)22-7-5-12(6-8-22)23-14-13(21-15(24)16(23)25)9-11(10-20-14)17(26)28-4/h9-10,12H,5-8H2,1-4H3,(H,21,24). The lowest BCUT2D eigenvalue weighted by Gasteiger charge is -2.34. The molecule has 1 N–H and O–H groups in total. The molecular weight excluding hydrogens is 380 g/mol. The van der Waals surface area contributed by atoms with Crippen molar-refractivity contribution in [2.24, 2.45) is 0 Å². The number of aromatic nitrogens is 3. The molecule has 3 heterocycles. The number of likely N-dealkylation sites (tertiary alicyclic amines) is 1. The maximum atomic E-state index is 12.5. The van der Waals surface area contributed by atoms with Gasteiger partial charge in [0.25, 0.3) is 0 Å². The van der Waals surface area contributed by atoms with Crippen LogP contribution in [0.1, 0.15) is 50.0 Å². The number of nitrogens with zero attached hydrogens (tertiary/aromatic N) is 3. The molecule has 10 heteroatoms. The minimum absolute atomic E-state index is 0.167. The summed E-state index contributed by atoms with van der Waals surface area (Å²) < 4.78 is 11.4. The molecular formula is C19H24N4O6. The molecule has 0 saturated carbocycles. The first-order valence-corrected chi connectivity index (χ1v) is 9.31. The van der Waals surface area contributed by atoms with Gasteiger partial charge in [-0.1, -0.05) is 0 Å². The molecule has 1 aliphatic rings. The summed E-state index contributed by atoms with van der Waals surface area (Å²) >= 11 is 0. The molecule has 0 aromatic carbocycles. The number of nitrogens with one attached hydrogen (secondary N) is 1. The van der Waals surface area contributed by atoms with Gasteiger partial charge in [0.15, 0.2) is 5.65 Å².